The van der Waals surface area contributed by atoms with Crippen molar-refractivity contribution in [1.82, 2.24) is 10.3 Å². The molecular formula is C23H19Cl2N3O3. The van der Waals surface area contributed by atoms with E-state index in [1.807, 2.05) is 6.92 Å². The number of nitrogens with zero attached hydrogens (tertiary/aromatic N) is 2. The van der Waals surface area contributed by atoms with Gasteiger partial charge in [-0.15, -0.1) is 0 Å². The predicted octanol–water partition coefficient (Wildman–Crippen LogP) is 4.92. The smallest absolute Gasteiger partial charge is 0.258 e. The fourth-order valence-electron chi connectivity index (χ4n) is 3.30. The lowest BCUT2D eigenvalue weighted by atomic mass is 10.1. The van der Waals surface area contributed by atoms with Gasteiger partial charge in [0.2, 0.25) is 5.88 Å². The molecule has 8 heteroatoms. The summed E-state index contributed by atoms with van der Waals surface area (Å²) < 4.78 is 5.70. The number of fused-ring (bicyclic) bond motifs is 1. The molecule has 0 spiro atoms. The third-order valence-corrected chi connectivity index (χ3v) is 5.41. The van der Waals surface area contributed by atoms with Crippen molar-refractivity contribution in [3.63, 3.8) is 0 Å². The maximum Gasteiger partial charge on any atom is 0.258 e. The number of pyridine rings is 1. The Labute approximate surface area is 189 Å². The summed E-state index contributed by atoms with van der Waals surface area (Å²) in [5.74, 6) is -0.0558. The number of carbonyl (C=O) groups is 2. The molecule has 1 unspecified atom stereocenters. The molecule has 0 bridgehead atoms. The highest BCUT2D eigenvalue weighted by Gasteiger charge is 2.27. The largest absolute Gasteiger partial charge is 0.474 e. The van der Waals surface area contributed by atoms with E-state index in [4.69, 9.17) is 27.9 Å². The van der Waals surface area contributed by atoms with Crippen molar-refractivity contribution in [3.05, 3.63) is 87.5 Å². The fraction of sp³-hybridized carbons (Fsp3) is 0.174. The number of ether oxygens (including phenoxy) is 1. The Morgan fingerprint density at radius 2 is 1.81 bits per heavy atom. The fourth-order valence-corrected chi connectivity index (χ4v) is 3.61. The van der Waals surface area contributed by atoms with Crippen molar-refractivity contribution in [2.75, 3.05) is 18.1 Å². The number of benzene rings is 2. The second-order valence-corrected chi connectivity index (χ2v) is 7.95. The maximum absolute atomic E-state index is 13.0. The molecule has 158 valence electrons. The standard InChI is InChI=1S/C23H19Cl2N3O3/c1-14(26-21(29)15-5-7-17(24)8-6-15)19-9-10-20-22(27-19)31-12-11-28(20)23(30)16-3-2-4-18(25)13-16/h2-10,13-14H,11-12H2,1H3,(H,26,29). The van der Waals surface area contributed by atoms with Crippen LogP contribution in [0.4, 0.5) is 5.69 Å². The van der Waals surface area contributed by atoms with Gasteiger partial charge in [0.15, 0.2) is 0 Å². The van der Waals surface area contributed by atoms with Gasteiger partial charge in [0.05, 0.1) is 18.3 Å². The molecule has 1 aliphatic rings. The average Bonchev–Trinajstić information content (AvgIpc) is 2.78. The summed E-state index contributed by atoms with van der Waals surface area (Å²) in [7, 11) is 0. The zero-order valence-electron chi connectivity index (χ0n) is 16.6. The highest BCUT2D eigenvalue weighted by atomic mass is 35.5. The Morgan fingerprint density at radius 1 is 1.03 bits per heavy atom. The first-order valence-corrected chi connectivity index (χ1v) is 10.5. The van der Waals surface area contributed by atoms with E-state index in [2.05, 4.69) is 10.3 Å². The lowest BCUT2D eigenvalue weighted by Gasteiger charge is -2.29. The number of halogens is 2. The summed E-state index contributed by atoms with van der Waals surface area (Å²) in [5.41, 5.74) is 2.20. The van der Waals surface area contributed by atoms with Crippen molar-refractivity contribution in [1.29, 1.82) is 0 Å². The third kappa shape index (κ3) is 4.65. The Balaban J connectivity index is 1.53. The minimum Gasteiger partial charge on any atom is -0.474 e. The van der Waals surface area contributed by atoms with E-state index in [-0.39, 0.29) is 17.9 Å². The van der Waals surface area contributed by atoms with Gasteiger partial charge in [0.1, 0.15) is 12.3 Å². The van der Waals surface area contributed by atoms with Crippen LogP contribution in [0.15, 0.2) is 60.7 Å². The second-order valence-electron chi connectivity index (χ2n) is 7.08. The normalized spacial score (nSPS) is 13.7. The molecule has 6 nitrogen and oxygen atoms in total. The van der Waals surface area contributed by atoms with Crippen LogP contribution in [0, 0.1) is 0 Å². The summed E-state index contributed by atoms with van der Waals surface area (Å²) in [6.45, 7) is 2.56. The second kappa shape index (κ2) is 8.96. The van der Waals surface area contributed by atoms with E-state index in [0.717, 1.165) is 0 Å². The number of carbonyl (C=O) groups excluding carboxylic acids is 2. The molecule has 31 heavy (non-hydrogen) atoms. The number of amides is 2. The van der Waals surface area contributed by atoms with Crippen molar-refractivity contribution in [2.24, 2.45) is 0 Å². The Bertz CT molecular complexity index is 1140. The molecule has 0 saturated carbocycles. The molecule has 2 amide bonds. The van der Waals surface area contributed by atoms with Gasteiger partial charge in [-0.2, -0.15) is 0 Å². The highest BCUT2D eigenvalue weighted by Crippen LogP contribution is 2.32. The molecule has 1 aliphatic heterocycles. The first-order valence-electron chi connectivity index (χ1n) is 9.70. The minimum absolute atomic E-state index is 0.175. The number of rotatable bonds is 4. The van der Waals surface area contributed by atoms with Gasteiger partial charge in [-0.1, -0.05) is 29.3 Å². The quantitative estimate of drug-likeness (QED) is 0.605. The van der Waals surface area contributed by atoms with Gasteiger partial charge in [-0.3, -0.25) is 9.59 Å². The monoisotopic (exact) mass is 455 g/mol. The van der Waals surface area contributed by atoms with Crippen LogP contribution < -0.4 is 15.0 Å². The van der Waals surface area contributed by atoms with Gasteiger partial charge in [-0.25, -0.2) is 4.98 Å². The first kappa shape index (κ1) is 21.2. The van der Waals surface area contributed by atoms with Crippen LogP contribution in [0.5, 0.6) is 5.88 Å². The van der Waals surface area contributed by atoms with Crippen molar-refractivity contribution in [3.8, 4) is 5.88 Å². The summed E-state index contributed by atoms with van der Waals surface area (Å²) in [6, 6.07) is 16.7. The van der Waals surface area contributed by atoms with E-state index in [1.165, 1.54) is 0 Å². The molecule has 1 atom stereocenters. The van der Waals surface area contributed by atoms with Gasteiger partial charge >= 0.3 is 0 Å². The first-order chi connectivity index (χ1) is 14.9. The molecule has 0 radical (unpaired) electrons. The lowest BCUT2D eigenvalue weighted by Crippen LogP contribution is -2.38. The van der Waals surface area contributed by atoms with Crippen molar-refractivity contribution in [2.45, 2.75) is 13.0 Å². The SMILES string of the molecule is CC(NC(=O)c1ccc(Cl)cc1)c1ccc2c(n1)OCCN2C(=O)c1cccc(Cl)c1. The number of hydrogen-bond acceptors (Lipinski definition) is 4. The van der Waals surface area contributed by atoms with E-state index in [1.54, 1.807) is 65.6 Å². The van der Waals surface area contributed by atoms with Gasteiger partial charge in [-0.05, 0) is 61.5 Å². The lowest BCUT2D eigenvalue weighted by molar-refractivity contribution is 0.0938. The highest BCUT2D eigenvalue weighted by molar-refractivity contribution is 6.31. The van der Waals surface area contributed by atoms with Crippen LogP contribution in [-0.2, 0) is 0 Å². The van der Waals surface area contributed by atoms with Crippen LogP contribution in [0.1, 0.15) is 39.4 Å². The Kier molecular flexibility index (Phi) is 6.11. The molecule has 1 aromatic heterocycles. The number of nitrogens with one attached hydrogen (secondary N) is 1. The number of aromatic nitrogens is 1. The topological polar surface area (TPSA) is 71.5 Å². The van der Waals surface area contributed by atoms with Crippen LogP contribution in [0.3, 0.4) is 0 Å². The average molecular weight is 456 g/mol. The maximum atomic E-state index is 13.0. The minimum atomic E-state index is -0.365. The molecule has 1 N–H and O–H groups in total. The van der Waals surface area contributed by atoms with Crippen LogP contribution in [0.25, 0.3) is 0 Å². The Morgan fingerprint density at radius 3 is 2.55 bits per heavy atom. The molecule has 0 saturated heterocycles. The molecule has 4 rings (SSSR count). The van der Waals surface area contributed by atoms with E-state index >= 15 is 0 Å². The van der Waals surface area contributed by atoms with Crippen molar-refractivity contribution >= 4 is 40.7 Å². The summed E-state index contributed by atoms with van der Waals surface area (Å²) in [5, 5.41) is 3.97. The molecule has 0 fully saturated rings. The van der Waals surface area contributed by atoms with Crippen LogP contribution in [0.2, 0.25) is 10.0 Å². The van der Waals surface area contributed by atoms with Crippen LogP contribution in [-0.4, -0.2) is 29.9 Å². The van der Waals surface area contributed by atoms with Crippen molar-refractivity contribution < 1.29 is 14.3 Å². The van der Waals surface area contributed by atoms with E-state index in [9.17, 15) is 9.59 Å². The molecule has 2 aromatic carbocycles. The van der Waals surface area contributed by atoms with Gasteiger partial charge < -0.3 is 15.0 Å². The number of hydrogen-bond donors (Lipinski definition) is 1. The zero-order chi connectivity index (χ0) is 22.0. The van der Waals surface area contributed by atoms with Gasteiger partial charge in [0.25, 0.3) is 11.8 Å². The zero-order valence-corrected chi connectivity index (χ0v) is 18.2. The summed E-state index contributed by atoms with van der Waals surface area (Å²) >= 11 is 11.9. The summed E-state index contributed by atoms with van der Waals surface area (Å²) in [4.78, 5) is 31.6. The molecule has 3 aromatic rings. The molecule has 0 aliphatic carbocycles. The number of anilines is 1. The Hall–Kier alpha value is -3.09. The predicted molar refractivity (Wildman–Crippen MR) is 120 cm³/mol. The molecular weight excluding hydrogens is 437 g/mol. The van der Waals surface area contributed by atoms with Gasteiger partial charge in [0, 0.05) is 21.2 Å². The molecule has 2 heterocycles. The van der Waals surface area contributed by atoms with E-state index in [0.29, 0.717) is 51.6 Å². The summed E-state index contributed by atoms with van der Waals surface area (Å²) in [6.07, 6.45) is 0. The van der Waals surface area contributed by atoms with Crippen LogP contribution >= 0.6 is 23.2 Å². The third-order valence-electron chi connectivity index (χ3n) is 4.92. The van der Waals surface area contributed by atoms with E-state index < -0.39 is 0 Å².